The lowest BCUT2D eigenvalue weighted by molar-refractivity contribution is -0.146. The Hall–Kier alpha value is -1.68. The molecule has 0 spiro atoms. The maximum absolute atomic E-state index is 11.4. The van der Waals surface area contributed by atoms with Crippen LogP contribution < -0.4 is 0 Å². The molecule has 0 N–H and O–H groups in total. The molecule has 0 aliphatic heterocycles. The number of esters is 1. The summed E-state index contributed by atoms with van der Waals surface area (Å²) in [4.78, 5) is 13.4. The fourth-order valence-corrected chi connectivity index (χ4v) is 2.06. The first-order valence-electron chi connectivity index (χ1n) is 6.14. The minimum atomic E-state index is -0.371. The molecule has 1 aromatic rings. The molecule has 0 aromatic heterocycles. The molecule has 1 aromatic carbocycles. The molecule has 0 aliphatic carbocycles. The summed E-state index contributed by atoms with van der Waals surface area (Å²) in [7, 11) is 3.98. The van der Waals surface area contributed by atoms with E-state index in [4.69, 9.17) is 4.74 Å². The third kappa shape index (κ3) is 4.83. The molecule has 0 saturated heterocycles. The van der Waals surface area contributed by atoms with Crippen LogP contribution in [0, 0.1) is 0 Å². The molecule has 0 saturated carbocycles. The Labute approximate surface area is 114 Å². The number of carbonyl (C=O) groups is 1. The number of hydrogen-bond acceptors (Lipinski definition) is 3. The monoisotopic (exact) mass is 267 g/mol. The van der Waals surface area contributed by atoms with Crippen molar-refractivity contribution in [3.8, 4) is 0 Å². The number of likely N-dealkylation sites (N-methyl/N-ethyl adjacent to an activating group) is 1. The van der Waals surface area contributed by atoms with Crippen LogP contribution in [0.1, 0.15) is 24.9 Å². The van der Waals surface area contributed by atoms with E-state index in [2.05, 4.69) is 23.6 Å². The van der Waals surface area contributed by atoms with Crippen LogP contribution in [0.15, 0.2) is 43.0 Å². The maximum Gasteiger partial charge on any atom is 0.330 e. The van der Waals surface area contributed by atoms with Crippen molar-refractivity contribution in [1.29, 1.82) is 0 Å². The number of ether oxygens (including phenoxy) is 1. The van der Waals surface area contributed by atoms with E-state index < -0.39 is 0 Å². The topological polar surface area (TPSA) is 29.5 Å². The molecule has 0 aliphatic rings. The van der Waals surface area contributed by atoms with Crippen molar-refractivity contribution in [3.63, 3.8) is 0 Å². The molecular formula is C15H22FNO2. The fraction of sp³-hybridized carbons (Fsp3) is 0.400. The molecule has 0 amide bonds. The van der Waals surface area contributed by atoms with Gasteiger partial charge in [0.15, 0.2) is 0 Å². The second kappa shape index (κ2) is 8.43. The summed E-state index contributed by atoms with van der Waals surface area (Å²) in [5.74, 6) is -0.371. The van der Waals surface area contributed by atoms with Gasteiger partial charge in [0, 0.05) is 6.08 Å². The molecular weight excluding hydrogens is 245 g/mol. The fourth-order valence-electron chi connectivity index (χ4n) is 2.06. The lowest BCUT2D eigenvalue weighted by atomic mass is 9.98. The SMILES string of the molecule is C=CC(=O)OC(CC)C(c1ccccc1)N(C)C.F. The number of rotatable bonds is 6. The van der Waals surface area contributed by atoms with Gasteiger partial charge < -0.3 is 4.74 Å². The number of carbonyl (C=O) groups excluding carboxylic acids is 1. The first-order valence-corrected chi connectivity index (χ1v) is 6.14. The van der Waals surface area contributed by atoms with Crippen molar-refractivity contribution in [2.24, 2.45) is 0 Å². The third-order valence-electron chi connectivity index (χ3n) is 2.89. The number of nitrogens with zero attached hydrogens (tertiary/aromatic N) is 1. The second-order valence-electron chi connectivity index (χ2n) is 4.41. The molecule has 4 heteroatoms. The average molecular weight is 267 g/mol. The third-order valence-corrected chi connectivity index (χ3v) is 2.89. The van der Waals surface area contributed by atoms with Gasteiger partial charge in [-0.1, -0.05) is 43.8 Å². The predicted octanol–water partition coefficient (Wildman–Crippen LogP) is 2.95. The van der Waals surface area contributed by atoms with Crippen molar-refractivity contribution in [1.82, 2.24) is 4.90 Å². The van der Waals surface area contributed by atoms with Gasteiger partial charge in [-0.3, -0.25) is 9.60 Å². The Bertz CT molecular complexity index is 392. The quantitative estimate of drug-likeness (QED) is 0.586. The van der Waals surface area contributed by atoms with Crippen molar-refractivity contribution in [2.75, 3.05) is 14.1 Å². The Morgan fingerprint density at radius 2 is 1.95 bits per heavy atom. The van der Waals surface area contributed by atoms with Crippen LogP contribution in [0.4, 0.5) is 4.70 Å². The van der Waals surface area contributed by atoms with Gasteiger partial charge in [0.2, 0.25) is 0 Å². The van der Waals surface area contributed by atoms with Crippen molar-refractivity contribution in [3.05, 3.63) is 48.6 Å². The summed E-state index contributed by atoms with van der Waals surface area (Å²) in [6, 6.07) is 10.1. The highest BCUT2D eigenvalue weighted by molar-refractivity contribution is 5.81. The van der Waals surface area contributed by atoms with Crippen LogP contribution in [0.3, 0.4) is 0 Å². The van der Waals surface area contributed by atoms with Gasteiger partial charge in [0.05, 0.1) is 6.04 Å². The van der Waals surface area contributed by atoms with E-state index in [0.29, 0.717) is 0 Å². The second-order valence-corrected chi connectivity index (χ2v) is 4.41. The lowest BCUT2D eigenvalue weighted by Crippen LogP contribution is -2.34. The van der Waals surface area contributed by atoms with Crippen LogP contribution in [-0.4, -0.2) is 31.1 Å². The van der Waals surface area contributed by atoms with Crippen LogP contribution in [0.2, 0.25) is 0 Å². The number of benzene rings is 1. The smallest absolute Gasteiger partial charge is 0.330 e. The van der Waals surface area contributed by atoms with E-state index >= 15 is 0 Å². The van der Waals surface area contributed by atoms with Crippen LogP contribution in [0.25, 0.3) is 0 Å². The molecule has 0 heterocycles. The molecule has 19 heavy (non-hydrogen) atoms. The summed E-state index contributed by atoms with van der Waals surface area (Å²) < 4.78 is 5.43. The Balaban J connectivity index is 0.00000324. The maximum atomic E-state index is 11.4. The highest BCUT2D eigenvalue weighted by Crippen LogP contribution is 2.26. The zero-order valence-electron chi connectivity index (χ0n) is 11.7. The molecule has 3 nitrogen and oxygen atoms in total. The summed E-state index contributed by atoms with van der Waals surface area (Å²) in [6.45, 7) is 5.45. The van der Waals surface area contributed by atoms with Gasteiger partial charge >= 0.3 is 5.97 Å². The predicted molar refractivity (Wildman–Crippen MR) is 75.7 cm³/mol. The molecule has 0 radical (unpaired) electrons. The highest BCUT2D eigenvalue weighted by atomic mass is 19.0. The van der Waals surface area contributed by atoms with Gasteiger partial charge in [-0.2, -0.15) is 0 Å². The van der Waals surface area contributed by atoms with E-state index in [-0.39, 0.29) is 22.8 Å². The van der Waals surface area contributed by atoms with Crippen molar-refractivity contribution < 1.29 is 14.2 Å². The van der Waals surface area contributed by atoms with Gasteiger partial charge in [-0.15, -0.1) is 0 Å². The normalized spacial score (nSPS) is 13.3. The molecule has 0 bridgehead atoms. The van der Waals surface area contributed by atoms with E-state index in [1.54, 1.807) is 0 Å². The minimum Gasteiger partial charge on any atom is -0.457 e. The van der Waals surface area contributed by atoms with E-state index in [0.717, 1.165) is 12.0 Å². The summed E-state index contributed by atoms with van der Waals surface area (Å²) in [6.07, 6.45) is 1.80. The summed E-state index contributed by atoms with van der Waals surface area (Å²) in [5.41, 5.74) is 1.14. The van der Waals surface area contributed by atoms with Crippen LogP contribution >= 0.6 is 0 Å². The van der Waals surface area contributed by atoms with Gasteiger partial charge in [0.1, 0.15) is 6.10 Å². The Morgan fingerprint density at radius 1 is 1.37 bits per heavy atom. The first kappa shape index (κ1) is 17.3. The lowest BCUT2D eigenvalue weighted by Gasteiger charge is -2.31. The zero-order chi connectivity index (χ0) is 13.5. The summed E-state index contributed by atoms with van der Waals surface area (Å²) >= 11 is 0. The van der Waals surface area contributed by atoms with Crippen molar-refractivity contribution in [2.45, 2.75) is 25.5 Å². The molecule has 0 fully saturated rings. The van der Waals surface area contributed by atoms with Gasteiger partial charge in [0.25, 0.3) is 0 Å². The highest BCUT2D eigenvalue weighted by Gasteiger charge is 2.26. The largest absolute Gasteiger partial charge is 0.457 e. The van der Waals surface area contributed by atoms with Gasteiger partial charge in [-0.05, 0) is 26.1 Å². The summed E-state index contributed by atoms with van der Waals surface area (Å²) in [5, 5.41) is 0. The first-order chi connectivity index (χ1) is 8.60. The van der Waals surface area contributed by atoms with E-state index in [1.807, 2.05) is 39.2 Å². The molecule has 106 valence electrons. The standard InChI is InChI=1S/C15H21NO2.FH/c1-5-13(18-14(17)6-2)15(16(3)4)12-10-8-7-9-11-12;/h6-11,13,15H,2,5H2,1,3-4H3;1H. The number of hydrogen-bond donors (Lipinski definition) is 0. The minimum absolute atomic E-state index is 0. The van der Waals surface area contributed by atoms with E-state index in [9.17, 15) is 4.79 Å². The molecule has 2 atom stereocenters. The average Bonchev–Trinajstić information content (AvgIpc) is 2.38. The Morgan fingerprint density at radius 3 is 2.37 bits per heavy atom. The van der Waals surface area contributed by atoms with Crippen LogP contribution in [-0.2, 0) is 9.53 Å². The van der Waals surface area contributed by atoms with E-state index in [1.165, 1.54) is 6.08 Å². The molecule has 2 unspecified atom stereocenters. The van der Waals surface area contributed by atoms with Gasteiger partial charge in [-0.25, -0.2) is 4.79 Å². The zero-order valence-corrected chi connectivity index (χ0v) is 11.7. The van der Waals surface area contributed by atoms with Crippen LogP contribution in [0.5, 0.6) is 0 Å². The number of halogens is 1. The Kier molecular flexibility index (Phi) is 7.68. The molecule has 1 rings (SSSR count). The van der Waals surface area contributed by atoms with Crippen molar-refractivity contribution >= 4 is 5.97 Å².